The normalized spacial score (nSPS) is 27.4. The van der Waals surface area contributed by atoms with Crippen molar-refractivity contribution in [2.45, 2.75) is 58.3 Å². The Morgan fingerprint density at radius 2 is 1.81 bits per heavy atom. The zero-order chi connectivity index (χ0) is 25.3. The highest BCUT2D eigenvalue weighted by Crippen LogP contribution is 2.59. The Kier molecular flexibility index (Phi) is 6.73. The number of amides is 2. The number of nitrogens with one attached hydrogen (secondary N) is 2. The minimum atomic E-state index is -0.752. The minimum Gasteiger partial charge on any atom is -0.497 e. The molecule has 0 aromatic heterocycles. The number of hydrazone groups is 1. The van der Waals surface area contributed by atoms with Crippen LogP contribution in [0.2, 0.25) is 0 Å². The van der Waals surface area contributed by atoms with Crippen molar-refractivity contribution in [3.63, 3.8) is 0 Å². The van der Waals surface area contributed by atoms with E-state index in [0.717, 1.165) is 43.6 Å². The lowest BCUT2D eigenvalue weighted by Gasteiger charge is -2.49. The number of benzene rings is 2. The van der Waals surface area contributed by atoms with Crippen LogP contribution in [0.25, 0.3) is 0 Å². The third-order valence-electron chi connectivity index (χ3n) is 8.60. The lowest BCUT2D eigenvalue weighted by atomic mass is 9.55. The van der Waals surface area contributed by atoms with E-state index in [9.17, 15) is 9.59 Å². The number of rotatable bonds is 5. The minimum absolute atomic E-state index is 0.0377. The Bertz CT molecular complexity index is 1180. The predicted molar refractivity (Wildman–Crippen MR) is 139 cm³/mol. The van der Waals surface area contributed by atoms with Crippen LogP contribution in [0.15, 0.2) is 47.6 Å². The second kappa shape index (κ2) is 9.96. The number of ether oxygens (including phenoxy) is 2. The van der Waals surface area contributed by atoms with Gasteiger partial charge in [0.25, 0.3) is 0 Å². The van der Waals surface area contributed by atoms with Crippen molar-refractivity contribution >= 4 is 23.2 Å². The molecule has 2 saturated carbocycles. The van der Waals surface area contributed by atoms with Gasteiger partial charge in [-0.3, -0.25) is 9.59 Å². The van der Waals surface area contributed by atoms with Crippen molar-refractivity contribution < 1.29 is 19.1 Å². The summed E-state index contributed by atoms with van der Waals surface area (Å²) in [6.07, 6.45) is 6.35. The van der Waals surface area contributed by atoms with Crippen LogP contribution in [0.1, 0.15) is 63.0 Å². The van der Waals surface area contributed by atoms with Gasteiger partial charge in [0.1, 0.15) is 11.5 Å². The Labute approximate surface area is 212 Å². The Morgan fingerprint density at radius 1 is 1.03 bits per heavy atom. The third kappa shape index (κ3) is 4.47. The molecule has 7 heteroatoms. The third-order valence-corrected chi connectivity index (χ3v) is 8.60. The van der Waals surface area contributed by atoms with Crippen molar-refractivity contribution in [2.75, 3.05) is 19.0 Å². The van der Waals surface area contributed by atoms with Crippen molar-refractivity contribution in [3.05, 3.63) is 53.6 Å². The predicted octanol–water partition coefficient (Wildman–Crippen LogP) is 5.06. The molecule has 190 valence electrons. The summed E-state index contributed by atoms with van der Waals surface area (Å²) in [5.74, 6) is 1.91. The largest absolute Gasteiger partial charge is 0.497 e. The topological polar surface area (TPSA) is 89.0 Å². The molecule has 3 aliphatic rings. The van der Waals surface area contributed by atoms with Crippen LogP contribution in [0.4, 0.5) is 5.69 Å². The van der Waals surface area contributed by atoms with Crippen molar-refractivity contribution in [1.29, 1.82) is 0 Å². The van der Waals surface area contributed by atoms with Crippen LogP contribution >= 0.6 is 0 Å². The molecular weight excluding hydrogens is 454 g/mol. The lowest BCUT2D eigenvalue weighted by Crippen LogP contribution is -2.43. The summed E-state index contributed by atoms with van der Waals surface area (Å²) in [5.41, 5.74) is 6.97. The highest BCUT2D eigenvalue weighted by Gasteiger charge is 2.53. The van der Waals surface area contributed by atoms with Crippen LogP contribution in [-0.4, -0.2) is 31.2 Å². The van der Waals surface area contributed by atoms with Crippen LogP contribution in [-0.2, 0) is 16.0 Å². The second-order valence-corrected chi connectivity index (χ2v) is 10.4. The second-order valence-electron chi connectivity index (χ2n) is 10.4. The lowest BCUT2D eigenvalue weighted by molar-refractivity contribution is -0.136. The number of carbonyl (C=O) groups excluding carboxylic acids is 2. The summed E-state index contributed by atoms with van der Waals surface area (Å²) in [4.78, 5) is 24.9. The molecule has 2 aromatic carbocycles. The highest BCUT2D eigenvalue weighted by molar-refractivity contribution is 6.39. The molecule has 36 heavy (non-hydrogen) atoms. The van der Waals surface area contributed by atoms with E-state index in [1.807, 2.05) is 6.92 Å². The van der Waals surface area contributed by atoms with Crippen LogP contribution in [0.5, 0.6) is 11.5 Å². The van der Waals surface area contributed by atoms with Gasteiger partial charge in [0, 0.05) is 16.8 Å². The highest BCUT2D eigenvalue weighted by atomic mass is 16.5. The molecule has 0 unspecified atom stereocenters. The quantitative estimate of drug-likeness (QED) is 0.454. The molecule has 0 saturated heterocycles. The molecule has 7 nitrogen and oxygen atoms in total. The number of methoxy groups -OCH3 is 1. The Balaban J connectivity index is 1.23. The van der Waals surface area contributed by atoms with E-state index in [1.165, 1.54) is 17.5 Å². The molecule has 4 atom stereocenters. The first-order valence-electron chi connectivity index (χ1n) is 13.0. The molecule has 2 amide bonds. The van der Waals surface area contributed by atoms with Crippen LogP contribution in [0, 0.1) is 17.3 Å². The van der Waals surface area contributed by atoms with E-state index in [-0.39, 0.29) is 5.41 Å². The van der Waals surface area contributed by atoms with E-state index in [2.05, 4.69) is 41.0 Å². The summed E-state index contributed by atoms with van der Waals surface area (Å²) >= 11 is 0. The van der Waals surface area contributed by atoms with Gasteiger partial charge in [-0.2, -0.15) is 5.10 Å². The standard InChI is InChI=1S/C29H35N3O4/c1-4-36-20-8-6-19(7-9-20)30-27(33)28(34)32-31-26-14-13-25-24-11-5-18-17-21(35-3)10-12-22(18)23(24)15-16-29(25,26)2/h6-10,12,17,23-25H,4-5,11,13-16H2,1-3H3,(H,30,33)(H,32,34)/b31-26-/t23-,24-,25-,29+/m1/s1. The summed E-state index contributed by atoms with van der Waals surface area (Å²) in [6.45, 7) is 4.78. The van der Waals surface area contributed by atoms with Crippen molar-refractivity contribution in [1.82, 2.24) is 5.43 Å². The summed E-state index contributed by atoms with van der Waals surface area (Å²) in [5, 5.41) is 7.13. The molecule has 2 aromatic rings. The monoisotopic (exact) mass is 489 g/mol. The van der Waals surface area contributed by atoms with E-state index < -0.39 is 11.8 Å². The zero-order valence-electron chi connectivity index (χ0n) is 21.3. The van der Waals surface area contributed by atoms with Gasteiger partial charge in [-0.1, -0.05) is 13.0 Å². The number of hydrogen-bond donors (Lipinski definition) is 2. The van der Waals surface area contributed by atoms with Gasteiger partial charge in [0.05, 0.1) is 13.7 Å². The van der Waals surface area contributed by atoms with Gasteiger partial charge in [-0.15, -0.1) is 0 Å². The van der Waals surface area contributed by atoms with Crippen molar-refractivity contribution in [2.24, 2.45) is 22.4 Å². The molecular formula is C29H35N3O4. The Hall–Kier alpha value is -3.35. The van der Waals surface area contributed by atoms with Gasteiger partial charge in [-0.25, -0.2) is 5.43 Å². The summed E-state index contributed by atoms with van der Waals surface area (Å²) in [6, 6.07) is 13.5. The van der Waals surface area contributed by atoms with Gasteiger partial charge in [0.2, 0.25) is 0 Å². The number of anilines is 1. The molecule has 0 radical (unpaired) electrons. The van der Waals surface area contributed by atoms with Crippen LogP contribution < -0.4 is 20.2 Å². The van der Waals surface area contributed by atoms with E-state index in [4.69, 9.17) is 9.47 Å². The fraction of sp³-hybridized carbons (Fsp3) is 0.483. The average Bonchev–Trinajstić information content (AvgIpc) is 3.24. The Morgan fingerprint density at radius 3 is 2.56 bits per heavy atom. The molecule has 2 N–H and O–H groups in total. The first-order valence-corrected chi connectivity index (χ1v) is 13.0. The molecule has 0 heterocycles. The summed E-state index contributed by atoms with van der Waals surface area (Å²) in [7, 11) is 1.72. The van der Waals surface area contributed by atoms with Crippen molar-refractivity contribution in [3.8, 4) is 11.5 Å². The van der Waals surface area contributed by atoms with E-state index in [0.29, 0.717) is 35.8 Å². The van der Waals surface area contributed by atoms with Gasteiger partial charge in [0.15, 0.2) is 0 Å². The molecule has 0 spiro atoms. The smallest absolute Gasteiger partial charge is 0.329 e. The molecule has 0 aliphatic heterocycles. The molecule has 3 aliphatic carbocycles. The molecule has 5 rings (SSSR count). The van der Waals surface area contributed by atoms with Crippen LogP contribution in [0.3, 0.4) is 0 Å². The number of nitrogens with zero attached hydrogens (tertiary/aromatic N) is 1. The molecule has 0 bridgehead atoms. The SMILES string of the molecule is CCOc1ccc(NC(=O)C(=O)N/N=C2/CC[C@@H]3[C@@H]4CCc5cc(OC)ccc5[C@H]4CC[C@]23C)cc1. The first-order chi connectivity index (χ1) is 17.4. The molecule has 2 fully saturated rings. The van der Waals surface area contributed by atoms with Gasteiger partial charge in [-0.05, 0) is 111 Å². The summed E-state index contributed by atoms with van der Waals surface area (Å²) < 4.78 is 10.8. The maximum atomic E-state index is 12.5. The zero-order valence-corrected chi connectivity index (χ0v) is 21.3. The number of carbonyl (C=O) groups is 2. The fourth-order valence-corrected chi connectivity index (χ4v) is 6.82. The fourth-order valence-electron chi connectivity index (χ4n) is 6.82. The maximum Gasteiger partial charge on any atom is 0.329 e. The van der Waals surface area contributed by atoms with Gasteiger partial charge >= 0.3 is 11.8 Å². The van der Waals surface area contributed by atoms with Gasteiger partial charge < -0.3 is 14.8 Å². The number of hydrogen-bond acceptors (Lipinski definition) is 5. The number of aryl methyl sites for hydroxylation is 1. The maximum absolute atomic E-state index is 12.5. The first kappa shape index (κ1) is 24.3. The van der Waals surface area contributed by atoms with E-state index in [1.54, 1.807) is 31.4 Å². The number of fused-ring (bicyclic) bond motifs is 5. The van der Waals surface area contributed by atoms with E-state index >= 15 is 0 Å². The average molecular weight is 490 g/mol.